The summed E-state index contributed by atoms with van der Waals surface area (Å²) in [6, 6.07) is 5.45. The van der Waals surface area contributed by atoms with Crippen molar-refractivity contribution in [3.8, 4) is 5.75 Å². The molecule has 0 amide bonds. The molecular formula is C10H13HgNO3. The maximum atomic E-state index is 10.6. The van der Waals surface area contributed by atoms with Crippen LogP contribution in [0.5, 0.6) is 5.75 Å². The van der Waals surface area contributed by atoms with Crippen molar-refractivity contribution in [3.63, 3.8) is 0 Å². The molecule has 1 aromatic carbocycles. The molecule has 0 aliphatic carbocycles. The predicted molar refractivity (Wildman–Crippen MR) is 53.8 cm³/mol. The third-order valence-corrected chi connectivity index (χ3v) is 7.69. The minimum absolute atomic E-state index is 0.240. The summed E-state index contributed by atoms with van der Waals surface area (Å²) in [4.78, 5) is 12.6. The Kier molecular flexibility index (Phi) is 4.38. The average Bonchev–Trinajstić information content (AvgIpc) is 2.15. The maximum absolute atomic E-state index is 10.6. The van der Waals surface area contributed by atoms with Crippen LogP contribution in [0, 0.1) is 0 Å². The van der Waals surface area contributed by atoms with Crippen LogP contribution >= 0.6 is 0 Å². The number of carbonyl (C=O) groups excluding carboxylic acids is 1. The predicted octanol–water partition coefficient (Wildman–Crippen LogP) is 0.644. The van der Waals surface area contributed by atoms with Gasteiger partial charge in [-0.3, -0.25) is 0 Å². The monoisotopic (exact) mass is 397 g/mol. The molecule has 0 radical (unpaired) electrons. The van der Waals surface area contributed by atoms with Crippen LogP contribution in [-0.4, -0.2) is 25.2 Å². The molecule has 0 fully saturated rings. The summed E-state index contributed by atoms with van der Waals surface area (Å²) in [7, 11) is 3.82. The first-order valence-electron chi connectivity index (χ1n) is 4.63. The topological polar surface area (TPSA) is 49.8 Å². The molecule has 0 bridgehead atoms. The van der Waals surface area contributed by atoms with Crippen molar-refractivity contribution in [1.82, 2.24) is 0 Å². The summed E-state index contributed by atoms with van der Waals surface area (Å²) in [6.07, 6.45) is 0. The van der Waals surface area contributed by atoms with Crippen molar-refractivity contribution in [2.45, 2.75) is 6.92 Å². The van der Waals surface area contributed by atoms with Gasteiger partial charge in [-0.1, -0.05) is 0 Å². The van der Waals surface area contributed by atoms with E-state index in [1.807, 2.05) is 31.1 Å². The number of hydrogen-bond acceptors (Lipinski definition) is 4. The van der Waals surface area contributed by atoms with Crippen LogP contribution < -0.4 is 7.97 Å². The first-order valence-corrected chi connectivity index (χ1v) is 9.62. The van der Waals surface area contributed by atoms with E-state index in [9.17, 15) is 9.90 Å². The summed E-state index contributed by atoms with van der Waals surface area (Å²) in [6.45, 7) is 1.39. The van der Waals surface area contributed by atoms with Crippen molar-refractivity contribution in [1.29, 1.82) is 0 Å². The number of carbonyl (C=O) groups is 1. The molecule has 78 valence electrons. The zero-order valence-corrected chi connectivity index (χ0v) is 14.6. The third kappa shape index (κ3) is 3.70. The Morgan fingerprint density at radius 2 is 2.13 bits per heavy atom. The fourth-order valence-corrected chi connectivity index (χ4v) is 4.33. The average molecular weight is 396 g/mol. The Morgan fingerprint density at radius 1 is 1.47 bits per heavy atom. The fraction of sp³-hybridized carbons (Fsp3) is 0.300. The van der Waals surface area contributed by atoms with E-state index in [2.05, 4.69) is 0 Å². The SMILES string of the molecule is CC(=O)[O][Hg][c]1ccc(N(C)C)cc1O. The second kappa shape index (κ2) is 5.35. The Hall–Kier alpha value is -0.775. The van der Waals surface area contributed by atoms with Gasteiger partial charge < -0.3 is 0 Å². The van der Waals surface area contributed by atoms with Gasteiger partial charge in [-0.05, 0) is 0 Å². The first-order chi connectivity index (χ1) is 7.00. The Labute approximate surface area is 102 Å². The number of anilines is 1. The fourth-order valence-electron chi connectivity index (χ4n) is 1.13. The molecule has 1 rings (SSSR count). The van der Waals surface area contributed by atoms with E-state index in [0.29, 0.717) is 0 Å². The van der Waals surface area contributed by atoms with Crippen molar-refractivity contribution < 1.29 is 37.6 Å². The molecule has 0 saturated heterocycles. The van der Waals surface area contributed by atoms with E-state index in [1.165, 1.54) is 6.92 Å². The Balaban J connectivity index is 2.79. The van der Waals surface area contributed by atoms with Crippen molar-refractivity contribution >= 4 is 14.7 Å². The number of phenols is 1. The molecule has 5 heteroatoms. The summed E-state index contributed by atoms with van der Waals surface area (Å²) in [5.41, 5.74) is 0.937. The van der Waals surface area contributed by atoms with Gasteiger partial charge in [0.2, 0.25) is 0 Å². The minimum atomic E-state index is -1.90. The molecule has 0 atom stereocenters. The first kappa shape index (κ1) is 12.3. The standard InChI is InChI=1S/C8H10NO.C2H4O2.Hg/c1-9(2)7-4-3-5-8(10)6-7;1-2(3)4;/h3-4,6,10H,1-2H3;1H3,(H,3,4);/q;;+1/p-1. The van der Waals surface area contributed by atoms with E-state index >= 15 is 0 Å². The molecule has 4 nitrogen and oxygen atoms in total. The number of nitrogens with zero attached hydrogens (tertiary/aromatic N) is 1. The molecular weight excluding hydrogens is 383 g/mol. The second-order valence-corrected chi connectivity index (χ2v) is 8.69. The van der Waals surface area contributed by atoms with Crippen LogP contribution in [0.1, 0.15) is 6.92 Å². The van der Waals surface area contributed by atoms with Gasteiger partial charge in [0.25, 0.3) is 0 Å². The molecule has 0 unspecified atom stereocenters. The second-order valence-electron chi connectivity index (χ2n) is 3.49. The number of hydrogen-bond donors (Lipinski definition) is 1. The van der Waals surface area contributed by atoms with Crippen LogP contribution in [0.4, 0.5) is 5.69 Å². The van der Waals surface area contributed by atoms with Gasteiger partial charge in [-0.2, -0.15) is 0 Å². The van der Waals surface area contributed by atoms with Gasteiger partial charge in [0, 0.05) is 0 Å². The summed E-state index contributed by atoms with van der Waals surface area (Å²) in [5.74, 6) is -0.0168. The molecule has 0 saturated carbocycles. The Morgan fingerprint density at radius 3 is 2.60 bits per heavy atom. The van der Waals surface area contributed by atoms with E-state index in [-0.39, 0.29) is 11.7 Å². The molecule has 0 aliphatic heterocycles. The van der Waals surface area contributed by atoms with Crippen molar-refractivity contribution in [3.05, 3.63) is 18.2 Å². The van der Waals surface area contributed by atoms with E-state index in [0.717, 1.165) is 8.76 Å². The number of aromatic hydroxyl groups is 1. The molecule has 0 aromatic heterocycles. The van der Waals surface area contributed by atoms with Gasteiger partial charge in [-0.25, -0.2) is 0 Å². The van der Waals surface area contributed by atoms with Crippen LogP contribution in [0.15, 0.2) is 18.2 Å². The molecule has 0 spiro atoms. The zero-order chi connectivity index (χ0) is 11.4. The van der Waals surface area contributed by atoms with E-state index < -0.39 is 25.0 Å². The van der Waals surface area contributed by atoms with Crippen molar-refractivity contribution in [2.75, 3.05) is 19.0 Å². The van der Waals surface area contributed by atoms with Crippen molar-refractivity contribution in [2.24, 2.45) is 0 Å². The quantitative estimate of drug-likeness (QED) is 0.763. The van der Waals surface area contributed by atoms with Crippen LogP contribution in [-0.2, 0) is 32.5 Å². The summed E-state index contributed by atoms with van der Waals surface area (Å²) in [5, 5.41) is 9.69. The molecule has 1 N–H and O–H groups in total. The third-order valence-electron chi connectivity index (χ3n) is 2.02. The van der Waals surface area contributed by atoms with Gasteiger partial charge in [0.15, 0.2) is 0 Å². The normalized spacial score (nSPS) is 9.27. The Bertz CT molecular complexity index is 366. The van der Waals surface area contributed by atoms with Crippen LogP contribution in [0.2, 0.25) is 0 Å². The van der Waals surface area contributed by atoms with E-state index in [1.54, 1.807) is 6.07 Å². The van der Waals surface area contributed by atoms with Crippen LogP contribution in [0.3, 0.4) is 0 Å². The van der Waals surface area contributed by atoms with Gasteiger partial charge in [0.05, 0.1) is 0 Å². The number of rotatable bonds is 3. The summed E-state index contributed by atoms with van der Waals surface area (Å²) < 4.78 is 5.85. The van der Waals surface area contributed by atoms with Crippen LogP contribution in [0.25, 0.3) is 0 Å². The number of phenolic OH excluding ortho intramolecular Hbond substituents is 1. The van der Waals surface area contributed by atoms with E-state index in [4.69, 9.17) is 2.64 Å². The number of benzene rings is 1. The van der Waals surface area contributed by atoms with Gasteiger partial charge in [0.1, 0.15) is 0 Å². The molecule has 15 heavy (non-hydrogen) atoms. The van der Waals surface area contributed by atoms with Gasteiger partial charge >= 0.3 is 102 Å². The van der Waals surface area contributed by atoms with Gasteiger partial charge in [-0.15, -0.1) is 0 Å². The molecule has 0 heterocycles. The molecule has 1 aromatic rings. The summed E-state index contributed by atoms with van der Waals surface area (Å²) >= 11 is -1.90. The zero-order valence-electron chi connectivity index (χ0n) is 9.15. The molecule has 0 aliphatic rings.